The van der Waals surface area contributed by atoms with Gasteiger partial charge in [-0.1, -0.05) is 6.07 Å². The van der Waals surface area contributed by atoms with Crippen molar-refractivity contribution in [3.63, 3.8) is 0 Å². The number of nitrogens with zero attached hydrogens (tertiary/aromatic N) is 1. The van der Waals surface area contributed by atoms with E-state index >= 15 is 0 Å². The Kier molecular flexibility index (Phi) is 4.99. The standard InChI is InChI=1S/C16H15BrFN5O2S/c1-25-11-3-2-8(16(20)12(18)7-21-15(19)23-16)6-10(11)22-14(24)13-9(17)4-5-26-13/h2-7H,20H2,1H3,(H,22,24)(H3,19,21,23). The molecule has 6 N–H and O–H groups in total. The van der Waals surface area contributed by atoms with Crippen LogP contribution >= 0.6 is 27.3 Å². The van der Waals surface area contributed by atoms with Gasteiger partial charge in [-0.2, -0.15) is 0 Å². The number of aliphatic imine (C=N–C) groups is 1. The molecule has 0 spiro atoms. The number of nitrogens with one attached hydrogen (secondary N) is 2. The van der Waals surface area contributed by atoms with E-state index in [4.69, 9.17) is 16.2 Å². The summed E-state index contributed by atoms with van der Waals surface area (Å²) in [6, 6.07) is 6.41. The largest absolute Gasteiger partial charge is 0.495 e. The summed E-state index contributed by atoms with van der Waals surface area (Å²) in [5, 5.41) is 7.00. The molecule has 1 aliphatic heterocycles. The molecule has 2 heterocycles. The van der Waals surface area contributed by atoms with Crippen LogP contribution in [0.15, 0.2) is 51.1 Å². The van der Waals surface area contributed by atoms with Crippen molar-refractivity contribution >= 4 is 44.8 Å². The van der Waals surface area contributed by atoms with Gasteiger partial charge in [0.15, 0.2) is 17.4 Å². The number of halogens is 2. The van der Waals surface area contributed by atoms with E-state index in [2.05, 4.69) is 31.6 Å². The zero-order valence-electron chi connectivity index (χ0n) is 13.5. The lowest BCUT2D eigenvalue weighted by Crippen LogP contribution is -2.44. The molecule has 1 aliphatic rings. The van der Waals surface area contributed by atoms with Crippen LogP contribution in [0.1, 0.15) is 15.2 Å². The van der Waals surface area contributed by atoms with Gasteiger partial charge in [0, 0.05) is 16.2 Å². The van der Waals surface area contributed by atoms with Crippen molar-refractivity contribution in [3.8, 4) is 5.75 Å². The van der Waals surface area contributed by atoms with Gasteiger partial charge in [0.25, 0.3) is 5.91 Å². The second-order valence-corrected chi connectivity index (χ2v) is 7.14. The number of guanidine groups is 1. The first kappa shape index (κ1) is 18.4. The molecule has 136 valence electrons. The predicted molar refractivity (Wildman–Crippen MR) is 103 cm³/mol. The van der Waals surface area contributed by atoms with Crippen molar-refractivity contribution in [1.82, 2.24) is 5.32 Å². The van der Waals surface area contributed by atoms with E-state index in [1.54, 1.807) is 23.6 Å². The summed E-state index contributed by atoms with van der Waals surface area (Å²) in [5.41, 5.74) is 10.6. The van der Waals surface area contributed by atoms with Crippen molar-refractivity contribution in [2.24, 2.45) is 16.5 Å². The Balaban J connectivity index is 2.00. The number of anilines is 1. The maximum atomic E-state index is 14.3. The zero-order valence-corrected chi connectivity index (χ0v) is 15.9. The van der Waals surface area contributed by atoms with E-state index in [0.29, 0.717) is 26.4 Å². The lowest BCUT2D eigenvalue weighted by molar-refractivity contribution is 0.102. The Bertz CT molecular complexity index is 929. The summed E-state index contributed by atoms with van der Waals surface area (Å²) < 4.78 is 20.3. The van der Waals surface area contributed by atoms with Gasteiger partial charge in [0.1, 0.15) is 10.6 Å². The number of rotatable bonds is 4. The number of hydrogen-bond donors (Lipinski definition) is 4. The number of nitrogens with two attached hydrogens (primary N) is 2. The molecule has 1 aromatic heterocycles. The molecule has 0 bridgehead atoms. The SMILES string of the molecule is COc1ccc(C2(N)N=C(N)NC=C2F)cc1NC(=O)c1sccc1Br. The normalized spacial score (nSPS) is 19.2. The maximum absolute atomic E-state index is 14.3. The molecule has 0 fully saturated rings. The van der Waals surface area contributed by atoms with Gasteiger partial charge < -0.3 is 21.1 Å². The van der Waals surface area contributed by atoms with Crippen LogP contribution in [0.2, 0.25) is 0 Å². The average molecular weight is 440 g/mol. The van der Waals surface area contributed by atoms with Gasteiger partial charge in [0.2, 0.25) is 0 Å². The molecule has 1 aromatic carbocycles. The van der Waals surface area contributed by atoms with Crippen LogP contribution in [0.5, 0.6) is 5.75 Å². The fraction of sp³-hybridized carbons (Fsp3) is 0.125. The fourth-order valence-electron chi connectivity index (χ4n) is 2.40. The van der Waals surface area contributed by atoms with Gasteiger partial charge in [-0.25, -0.2) is 9.38 Å². The van der Waals surface area contributed by atoms with Crippen LogP contribution in [0.3, 0.4) is 0 Å². The third-order valence-electron chi connectivity index (χ3n) is 3.72. The Morgan fingerprint density at radius 3 is 2.88 bits per heavy atom. The molecule has 2 aromatic rings. The molecule has 0 saturated carbocycles. The summed E-state index contributed by atoms with van der Waals surface area (Å²) in [7, 11) is 1.46. The Morgan fingerprint density at radius 2 is 2.23 bits per heavy atom. The van der Waals surface area contributed by atoms with E-state index in [9.17, 15) is 9.18 Å². The molecule has 3 rings (SSSR count). The monoisotopic (exact) mass is 439 g/mol. The number of benzene rings is 1. The van der Waals surface area contributed by atoms with Crippen molar-refractivity contribution in [2.75, 3.05) is 12.4 Å². The molecule has 0 saturated heterocycles. The molecule has 7 nitrogen and oxygen atoms in total. The Hall–Kier alpha value is -2.43. The first-order valence-electron chi connectivity index (χ1n) is 7.35. The van der Waals surface area contributed by atoms with Crippen molar-refractivity contribution in [2.45, 2.75) is 5.66 Å². The Morgan fingerprint density at radius 1 is 1.46 bits per heavy atom. The molecular weight excluding hydrogens is 425 g/mol. The quantitative estimate of drug-likeness (QED) is 0.584. The molecule has 10 heteroatoms. The van der Waals surface area contributed by atoms with E-state index in [1.807, 2.05) is 0 Å². The topological polar surface area (TPSA) is 115 Å². The number of carbonyl (C=O) groups is 1. The van der Waals surface area contributed by atoms with Crippen LogP contribution < -0.4 is 26.8 Å². The summed E-state index contributed by atoms with van der Waals surface area (Å²) in [6.45, 7) is 0. The molecule has 1 unspecified atom stereocenters. The summed E-state index contributed by atoms with van der Waals surface area (Å²) in [4.78, 5) is 16.9. The van der Waals surface area contributed by atoms with E-state index in [1.165, 1.54) is 24.5 Å². The summed E-state index contributed by atoms with van der Waals surface area (Å²) in [6.07, 6.45) is 1.05. The minimum Gasteiger partial charge on any atom is -0.495 e. The average Bonchev–Trinajstić information content (AvgIpc) is 3.04. The molecular formula is C16H15BrFN5O2S. The minimum atomic E-state index is -1.79. The minimum absolute atomic E-state index is 0.0159. The highest BCUT2D eigenvalue weighted by Gasteiger charge is 2.36. The highest BCUT2D eigenvalue weighted by Crippen LogP contribution is 2.36. The first-order valence-corrected chi connectivity index (χ1v) is 9.02. The van der Waals surface area contributed by atoms with Gasteiger partial charge >= 0.3 is 0 Å². The third kappa shape index (κ3) is 3.30. The van der Waals surface area contributed by atoms with Gasteiger partial charge in [-0.3, -0.25) is 10.5 Å². The van der Waals surface area contributed by atoms with Gasteiger partial charge in [-0.15, -0.1) is 11.3 Å². The predicted octanol–water partition coefficient (Wildman–Crippen LogP) is 2.61. The summed E-state index contributed by atoms with van der Waals surface area (Å²) >= 11 is 4.60. The molecule has 0 aliphatic carbocycles. The number of thiophene rings is 1. The maximum Gasteiger partial charge on any atom is 0.266 e. The lowest BCUT2D eigenvalue weighted by atomic mass is 9.98. The van der Waals surface area contributed by atoms with Gasteiger partial charge in [-0.05, 0) is 39.5 Å². The van der Waals surface area contributed by atoms with E-state index < -0.39 is 11.5 Å². The number of carbonyl (C=O) groups excluding carboxylic acids is 1. The fourth-order valence-corrected chi connectivity index (χ4v) is 3.85. The van der Waals surface area contributed by atoms with Gasteiger partial charge in [0.05, 0.1) is 12.8 Å². The second kappa shape index (κ2) is 7.06. The molecule has 1 atom stereocenters. The van der Waals surface area contributed by atoms with Crippen molar-refractivity contribution in [3.05, 3.63) is 56.6 Å². The van der Waals surface area contributed by atoms with E-state index in [0.717, 1.165) is 6.20 Å². The van der Waals surface area contributed by atoms with Crippen LogP contribution in [0, 0.1) is 0 Å². The molecule has 1 amide bonds. The second-order valence-electron chi connectivity index (χ2n) is 5.37. The van der Waals surface area contributed by atoms with Crippen molar-refractivity contribution < 1.29 is 13.9 Å². The third-order valence-corrected chi connectivity index (χ3v) is 5.56. The van der Waals surface area contributed by atoms with Crippen LogP contribution in [0.4, 0.5) is 10.1 Å². The number of hydrogen-bond acceptors (Lipinski definition) is 7. The zero-order chi connectivity index (χ0) is 18.9. The highest BCUT2D eigenvalue weighted by molar-refractivity contribution is 9.10. The van der Waals surface area contributed by atoms with Crippen molar-refractivity contribution in [1.29, 1.82) is 0 Å². The first-order chi connectivity index (χ1) is 12.3. The molecule has 0 radical (unpaired) electrons. The number of methoxy groups -OCH3 is 1. The van der Waals surface area contributed by atoms with Crippen LogP contribution in [-0.4, -0.2) is 19.0 Å². The van der Waals surface area contributed by atoms with E-state index in [-0.39, 0.29) is 11.9 Å². The van der Waals surface area contributed by atoms with Crippen LogP contribution in [0.25, 0.3) is 0 Å². The van der Waals surface area contributed by atoms with Crippen LogP contribution in [-0.2, 0) is 5.66 Å². The molecule has 26 heavy (non-hydrogen) atoms. The smallest absolute Gasteiger partial charge is 0.266 e. The number of amides is 1. The summed E-state index contributed by atoms with van der Waals surface area (Å²) in [5.74, 6) is -0.667. The highest BCUT2D eigenvalue weighted by atomic mass is 79.9. The lowest BCUT2D eigenvalue weighted by Gasteiger charge is -2.28. The number of ether oxygens (including phenoxy) is 1. The Labute approximate surface area is 161 Å².